The van der Waals surface area contributed by atoms with E-state index in [2.05, 4.69) is 31.5 Å². The zero-order valence-corrected chi connectivity index (χ0v) is 18.3. The summed E-state index contributed by atoms with van der Waals surface area (Å²) < 4.78 is 6.64. The monoisotopic (exact) mass is 442 g/mol. The van der Waals surface area contributed by atoms with Crippen LogP contribution in [0.4, 0.5) is 5.69 Å². The third-order valence-corrected chi connectivity index (χ3v) is 5.47. The number of likely N-dealkylation sites (N-methyl/N-ethyl adjacent to an activating group) is 1. The van der Waals surface area contributed by atoms with Crippen LogP contribution >= 0.6 is 23.2 Å². The summed E-state index contributed by atoms with van der Waals surface area (Å²) in [5.74, 6) is -0.212. The molecule has 0 aromatic heterocycles. The van der Waals surface area contributed by atoms with E-state index < -0.39 is 0 Å². The van der Waals surface area contributed by atoms with Crippen LogP contribution in [0.15, 0.2) is 42.5 Å². The van der Waals surface area contributed by atoms with Gasteiger partial charge in [0.15, 0.2) is 0 Å². The van der Waals surface area contributed by atoms with Crippen LogP contribution < -0.4 is 17.7 Å². The minimum absolute atomic E-state index is 0. The molecule has 1 atom stereocenters. The van der Waals surface area contributed by atoms with E-state index in [-0.39, 0.29) is 18.3 Å². The van der Waals surface area contributed by atoms with Gasteiger partial charge in [0.25, 0.3) is 5.91 Å². The second-order valence-corrected chi connectivity index (χ2v) is 8.51. The molecule has 1 N–H and O–H groups in total. The Balaban J connectivity index is 0.00000280. The Morgan fingerprint density at radius 3 is 2.46 bits per heavy atom. The van der Waals surface area contributed by atoms with Crippen molar-refractivity contribution < 1.29 is 26.4 Å². The van der Waals surface area contributed by atoms with Gasteiger partial charge in [-0.1, -0.05) is 35.3 Å². The Hall–Kier alpha value is -1.30. The molecular weight excluding hydrogens is 419 g/mol. The number of hydrogen-bond donors (Lipinski definition) is 1. The van der Waals surface area contributed by atoms with Gasteiger partial charge in [0.2, 0.25) is 0 Å². The van der Waals surface area contributed by atoms with Gasteiger partial charge in [0, 0.05) is 23.4 Å². The molecule has 4 nitrogen and oxygen atoms in total. The average Bonchev–Trinajstić information content (AvgIpc) is 3.11. The lowest BCUT2D eigenvalue weighted by Crippen LogP contribution is -3.00. The largest absolute Gasteiger partial charge is 1.00 e. The molecule has 2 aromatic carbocycles. The minimum atomic E-state index is -0.212. The number of benzene rings is 2. The number of carbonyl (C=O) groups is 1. The van der Waals surface area contributed by atoms with Gasteiger partial charge in [-0.25, -0.2) is 0 Å². The molecule has 2 aromatic rings. The molecule has 1 aliphatic rings. The third-order valence-electron chi connectivity index (χ3n) is 4.73. The SMILES string of the molecule is C[N+](C)(Cc1ccc(NC(=O)c2ccc(Cl)c(Cl)c2)cc1)C[C@H]1CCCO1.[Cl-]. The first-order valence-electron chi connectivity index (χ1n) is 9.11. The predicted octanol–water partition coefficient (Wildman–Crippen LogP) is 2.01. The highest BCUT2D eigenvalue weighted by Crippen LogP contribution is 2.23. The highest BCUT2D eigenvalue weighted by atomic mass is 35.5. The van der Waals surface area contributed by atoms with Crippen molar-refractivity contribution in [3.8, 4) is 0 Å². The molecular formula is C21H25Cl3N2O2. The zero-order chi connectivity index (χ0) is 19.4. The fourth-order valence-electron chi connectivity index (χ4n) is 3.43. The van der Waals surface area contributed by atoms with E-state index in [1.807, 2.05) is 12.1 Å². The lowest BCUT2D eigenvalue weighted by molar-refractivity contribution is -0.906. The first-order chi connectivity index (χ1) is 12.8. The molecule has 3 rings (SSSR count). The normalized spacial score (nSPS) is 16.5. The Morgan fingerprint density at radius 2 is 1.86 bits per heavy atom. The second kappa shape index (κ2) is 9.95. The summed E-state index contributed by atoms with van der Waals surface area (Å²) in [6, 6.07) is 12.8. The maximum atomic E-state index is 12.4. The van der Waals surface area contributed by atoms with Crippen molar-refractivity contribution in [2.75, 3.05) is 32.6 Å². The number of carbonyl (C=O) groups excluding carboxylic acids is 1. The van der Waals surface area contributed by atoms with Gasteiger partial charge in [-0.05, 0) is 43.2 Å². The van der Waals surface area contributed by atoms with E-state index in [9.17, 15) is 4.79 Å². The molecule has 0 radical (unpaired) electrons. The van der Waals surface area contributed by atoms with Crippen molar-refractivity contribution in [3.63, 3.8) is 0 Å². The fraction of sp³-hybridized carbons (Fsp3) is 0.381. The van der Waals surface area contributed by atoms with E-state index in [4.69, 9.17) is 27.9 Å². The average molecular weight is 444 g/mol. The molecule has 7 heteroatoms. The van der Waals surface area contributed by atoms with Crippen LogP contribution in [-0.4, -0.2) is 43.7 Å². The highest BCUT2D eigenvalue weighted by molar-refractivity contribution is 6.42. The van der Waals surface area contributed by atoms with Crippen LogP contribution in [0.25, 0.3) is 0 Å². The lowest BCUT2D eigenvalue weighted by Gasteiger charge is -2.32. The number of nitrogens with one attached hydrogen (secondary N) is 1. The summed E-state index contributed by atoms with van der Waals surface area (Å²) in [4.78, 5) is 12.4. The third kappa shape index (κ3) is 6.36. The van der Waals surface area contributed by atoms with Crippen molar-refractivity contribution >= 4 is 34.8 Å². The van der Waals surface area contributed by atoms with Crippen molar-refractivity contribution in [1.29, 1.82) is 0 Å². The molecule has 1 aliphatic heterocycles. The van der Waals surface area contributed by atoms with Gasteiger partial charge in [0.1, 0.15) is 19.2 Å². The summed E-state index contributed by atoms with van der Waals surface area (Å²) in [6.45, 7) is 2.81. The maximum absolute atomic E-state index is 12.4. The Kier molecular flexibility index (Phi) is 8.17. The minimum Gasteiger partial charge on any atom is -1.00 e. The molecule has 152 valence electrons. The summed E-state index contributed by atoms with van der Waals surface area (Å²) in [5.41, 5.74) is 2.45. The van der Waals surface area contributed by atoms with Gasteiger partial charge < -0.3 is 26.9 Å². The zero-order valence-electron chi connectivity index (χ0n) is 16.1. The van der Waals surface area contributed by atoms with E-state index >= 15 is 0 Å². The van der Waals surface area contributed by atoms with Gasteiger partial charge >= 0.3 is 0 Å². The quantitative estimate of drug-likeness (QED) is 0.694. The summed E-state index contributed by atoms with van der Waals surface area (Å²) in [5, 5.41) is 3.69. The van der Waals surface area contributed by atoms with Crippen molar-refractivity contribution in [1.82, 2.24) is 0 Å². The van der Waals surface area contributed by atoms with E-state index in [1.165, 1.54) is 5.56 Å². The predicted molar refractivity (Wildman–Crippen MR) is 111 cm³/mol. The van der Waals surface area contributed by atoms with E-state index in [0.29, 0.717) is 21.7 Å². The number of rotatable bonds is 6. The van der Waals surface area contributed by atoms with Gasteiger partial charge in [0.05, 0.1) is 24.1 Å². The van der Waals surface area contributed by atoms with Crippen molar-refractivity contribution in [2.24, 2.45) is 0 Å². The van der Waals surface area contributed by atoms with Crippen LogP contribution in [0.3, 0.4) is 0 Å². The molecule has 0 bridgehead atoms. The summed E-state index contributed by atoms with van der Waals surface area (Å²) in [7, 11) is 4.45. The standard InChI is InChI=1S/C21H24Cl2N2O2.ClH/c1-25(2,14-18-4-3-11-27-18)13-15-5-8-17(9-6-15)24-21(26)16-7-10-19(22)20(23)12-16;/h5-10,12,18H,3-4,11,13-14H2,1-2H3;1H/t18-;/m1./s1. The highest BCUT2D eigenvalue weighted by Gasteiger charge is 2.25. The first kappa shape index (κ1) is 23.0. The Labute approximate surface area is 182 Å². The van der Waals surface area contributed by atoms with Crippen molar-refractivity contribution in [3.05, 3.63) is 63.6 Å². The van der Waals surface area contributed by atoms with Gasteiger partial charge in [-0.2, -0.15) is 0 Å². The first-order valence-corrected chi connectivity index (χ1v) is 9.87. The number of amides is 1. The number of anilines is 1. The van der Waals surface area contributed by atoms with Crippen molar-refractivity contribution in [2.45, 2.75) is 25.5 Å². The number of quaternary nitrogens is 1. The number of hydrogen-bond acceptors (Lipinski definition) is 2. The second-order valence-electron chi connectivity index (χ2n) is 7.69. The van der Waals surface area contributed by atoms with Crippen LogP contribution in [0.2, 0.25) is 10.0 Å². The molecule has 1 heterocycles. The molecule has 1 amide bonds. The van der Waals surface area contributed by atoms with Gasteiger partial charge in [-0.3, -0.25) is 4.79 Å². The van der Waals surface area contributed by atoms with Crippen LogP contribution in [0.5, 0.6) is 0 Å². The van der Waals surface area contributed by atoms with Crippen LogP contribution in [-0.2, 0) is 11.3 Å². The number of nitrogens with zero attached hydrogens (tertiary/aromatic N) is 1. The summed E-state index contributed by atoms with van der Waals surface area (Å²) >= 11 is 11.9. The number of ether oxygens (including phenoxy) is 1. The smallest absolute Gasteiger partial charge is 0.255 e. The Morgan fingerprint density at radius 1 is 1.14 bits per heavy atom. The Bertz CT molecular complexity index is 804. The molecule has 0 unspecified atom stereocenters. The lowest BCUT2D eigenvalue weighted by atomic mass is 10.1. The maximum Gasteiger partial charge on any atom is 0.255 e. The summed E-state index contributed by atoms with van der Waals surface area (Å²) in [6.07, 6.45) is 2.68. The van der Waals surface area contributed by atoms with E-state index in [0.717, 1.165) is 42.7 Å². The molecule has 0 saturated carbocycles. The molecule has 0 spiro atoms. The fourth-order valence-corrected chi connectivity index (χ4v) is 3.73. The number of halogens is 3. The van der Waals surface area contributed by atoms with Gasteiger partial charge in [-0.15, -0.1) is 0 Å². The molecule has 1 saturated heterocycles. The van der Waals surface area contributed by atoms with Crippen LogP contribution in [0, 0.1) is 0 Å². The molecule has 28 heavy (non-hydrogen) atoms. The van der Waals surface area contributed by atoms with E-state index in [1.54, 1.807) is 18.2 Å². The van der Waals surface area contributed by atoms with Crippen LogP contribution in [0.1, 0.15) is 28.8 Å². The molecule has 0 aliphatic carbocycles. The topological polar surface area (TPSA) is 38.3 Å². The molecule has 1 fully saturated rings.